The van der Waals surface area contributed by atoms with Crippen molar-refractivity contribution in [1.82, 2.24) is 9.47 Å². The van der Waals surface area contributed by atoms with Gasteiger partial charge >= 0.3 is 0 Å². The first kappa shape index (κ1) is 37.4. The first-order valence-corrected chi connectivity index (χ1v) is 22.2. The number of aliphatic hydroxyl groups excluding tert-OH is 1. The van der Waals surface area contributed by atoms with Crippen LogP contribution in [-0.2, 0) is 32.9 Å². The van der Waals surface area contributed by atoms with Gasteiger partial charge in [-0.05, 0) is 77.7 Å². The number of aliphatic hydroxyl groups is 1. The van der Waals surface area contributed by atoms with Gasteiger partial charge in [0.25, 0.3) is 11.5 Å². The molecule has 288 valence electrons. The van der Waals surface area contributed by atoms with E-state index in [4.69, 9.17) is 14.2 Å². The highest BCUT2D eigenvalue weighted by Gasteiger charge is 2.67. The molecule has 1 aromatic heterocycles. The normalized spacial score (nSPS) is 22.9. The van der Waals surface area contributed by atoms with Gasteiger partial charge in [0, 0.05) is 35.6 Å². The number of rotatable bonds is 9. The lowest BCUT2D eigenvalue weighted by Gasteiger charge is -2.39. The summed E-state index contributed by atoms with van der Waals surface area (Å²) in [4.78, 5) is 47.2. The Morgan fingerprint density at radius 1 is 0.875 bits per heavy atom. The molecule has 2 amide bonds. The molecule has 1 fully saturated rings. The van der Waals surface area contributed by atoms with Crippen molar-refractivity contribution in [2.75, 3.05) is 25.7 Å². The van der Waals surface area contributed by atoms with Gasteiger partial charge in [-0.2, -0.15) is 0 Å². The number of carbonyl (C=O) groups is 2. The summed E-state index contributed by atoms with van der Waals surface area (Å²) in [5.41, 5.74) is 2.73. The highest BCUT2D eigenvalue weighted by atomic mass is 28.3. The second kappa shape index (κ2) is 14.5. The van der Waals surface area contributed by atoms with Crippen LogP contribution in [-0.4, -0.2) is 67.4 Å². The molecule has 11 heteroatoms. The molecule has 4 heterocycles. The average molecular weight is 770 g/mol. The topological polar surface area (TPSA) is 111 Å². The largest absolute Gasteiger partial charge is 0.497 e. The first-order valence-electron chi connectivity index (χ1n) is 19.1. The van der Waals surface area contributed by atoms with E-state index in [1.54, 1.807) is 35.2 Å². The number of hydrogen-bond acceptors (Lipinski definition) is 7. The van der Waals surface area contributed by atoms with E-state index in [0.29, 0.717) is 35.6 Å². The first-order chi connectivity index (χ1) is 27.0. The molecule has 0 radical (unpaired) electrons. The summed E-state index contributed by atoms with van der Waals surface area (Å²) in [6, 6.07) is 34.3. The molecule has 1 N–H and O–H groups in total. The van der Waals surface area contributed by atoms with Crippen molar-refractivity contribution in [3.05, 3.63) is 142 Å². The predicted octanol–water partition coefficient (Wildman–Crippen LogP) is 6.08. The van der Waals surface area contributed by atoms with E-state index >= 15 is 4.79 Å². The number of amides is 2. The number of hydrogen-bond donors (Lipinski definition) is 1. The van der Waals surface area contributed by atoms with Crippen LogP contribution in [0, 0.1) is 5.92 Å². The molecule has 5 aromatic rings. The van der Waals surface area contributed by atoms with Crippen LogP contribution in [0.15, 0.2) is 120 Å². The monoisotopic (exact) mass is 769 g/mol. The molecular formula is C45H47N3O7Si. The molecule has 1 saturated heterocycles. The van der Waals surface area contributed by atoms with Crippen molar-refractivity contribution >= 4 is 36.4 Å². The smallest absolute Gasteiger partial charge is 0.297 e. The lowest BCUT2D eigenvalue weighted by atomic mass is 9.82. The third-order valence-electron chi connectivity index (χ3n) is 12.4. The van der Waals surface area contributed by atoms with Crippen molar-refractivity contribution < 1.29 is 28.9 Å². The minimum atomic E-state index is -2.60. The Morgan fingerprint density at radius 3 is 2.29 bits per heavy atom. The summed E-state index contributed by atoms with van der Waals surface area (Å²) >= 11 is 0. The summed E-state index contributed by atoms with van der Waals surface area (Å²) < 4.78 is 19.7. The maximum absolute atomic E-state index is 15.5. The minimum absolute atomic E-state index is 0.0327. The van der Waals surface area contributed by atoms with Crippen LogP contribution in [0.25, 0.3) is 5.69 Å². The number of benzene rings is 4. The van der Waals surface area contributed by atoms with Crippen LogP contribution < -0.4 is 25.1 Å². The van der Waals surface area contributed by atoms with E-state index in [1.807, 2.05) is 78.9 Å². The molecule has 3 aliphatic heterocycles. The Bertz CT molecular complexity index is 2350. The molecular weight excluding hydrogens is 723 g/mol. The lowest BCUT2D eigenvalue weighted by Crippen LogP contribution is -2.52. The number of aromatic nitrogens is 1. The molecule has 5 atom stereocenters. The second-order valence-electron chi connectivity index (χ2n) is 15.6. The van der Waals surface area contributed by atoms with Gasteiger partial charge < -0.3 is 24.2 Å². The van der Waals surface area contributed by atoms with E-state index in [2.05, 4.69) is 38.2 Å². The Hall–Kier alpha value is -5.49. The van der Waals surface area contributed by atoms with Gasteiger partial charge in [-0.15, -0.1) is 0 Å². The van der Waals surface area contributed by atoms with Gasteiger partial charge in [0.1, 0.15) is 5.75 Å². The Balaban J connectivity index is 1.28. The van der Waals surface area contributed by atoms with Crippen LogP contribution in [0.5, 0.6) is 11.5 Å². The van der Waals surface area contributed by atoms with Gasteiger partial charge in [0.15, 0.2) is 11.4 Å². The molecule has 3 aliphatic rings. The fraction of sp³-hybridized carbons (Fsp3) is 0.311. The van der Waals surface area contributed by atoms with Crippen LogP contribution in [0.3, 0.4) is 0 Å². The number of para-hydroxylation sites is 1. The molecule has 10 nitrogen and oxygen atoms in total. The zero-order chi connectivity index (χ0) is 39.4. The maximum atomic E-state index is 15.5. The number of nitrogens with zero attached hydrogens (tertiary/aromatic N) is 3. The molecule has 0 saturated carbocycles. The Morgan fingerprint density at radius 2 is 1.59 bits per heavy atom. The van der Waals surface area contributed by atoms with E-state index < -0.39 is 25.7 Å². The van der Waals surface area contributed by atoms with Crippen molar-refractivity contribution in [2.45, 2.75) is 62.7 Å². The van der Waals surface area contributed by atoms with Gasteiger partial charge in [-0.3, -0.25) is 23.9 Å². The average Bonchev–Trinajstić information content (AvgIpc) is 3.66. The SMILES string of the molecule is COc1ccc([Si](C)(C)[C@@H]2[C@@H](CC(=O)N3Cc4ccccc4C[C@H]3CO)O[C@]3(C(=O)N(c4ccccc4)c4ccc(-n5cccc(OC)c5=O)cc43)[C@H]2C)cc1. The number of methoxy groups -OCH3 is 2. The third kappa shape index (κ3) is 5.96. The zero-order valence-corrected chi connectivity index (χ0v) is 33.3. The van der Waals surface area contributed by atoms with Crippen LogP contribution in [0.1, 0.15) is 30.0 Å². The van der Waals surface area contributed by atoms with Crippen molar-refractivity contribution in [3.63, 3.8) is 0 Å². The fourth-order valence-corrected chi connectivity index (χ4v) is 13.6. The summed E-state index contributed by atoms with van der Waals surface area (Å²) in [5.74, 6) is 0.191. The van der Waals surface area contributed by atoms with E-state index in [9.17, 15) is 14.7 Å². The quantitative estimate of drug-likeness (QED) is 0.181. The molecule has 0 unspecified atom stereocenters. The molecule has 1 spiro atoms. The summed E-state index contributed by atoms with van der Waals surface area (Å²) in [7, 11) is 0.511. The van der Waals surface area contributed by atoms with Crippen LogP contribution >= 0.6 is 0 Å². The van der Waals surface area contributed by atoms with Crippen LogP contribution in [0.4, 0.5) is 11.4 Å². The van der Waals surface area contributed by atoms with Crippen molar-refractivity contribution in [1.29, 1.82) is 0 Å². The van der Waals surface area contributed by atoms with Gasteiger partial charge in [0.05, 0.1) is 53.2 Å². The highest BCUT2D eigenvalue weighted by molar-refractivity contribution is 6.91. The van der Waals surface area contributed by atoms with Crippen molar-refractivity contribution in [2.24, 2.45) is 5.92 Å². The number of carbonyl (C=O) groups excluding carboxylic acids is 2. The van der Waals surface area contributed by atoms with E-state index in [-0.39, 0.29) is 47.7 Å². The minimum Gasteiger partial charge on any atom is -0.497 e. The fourth-order valence-electron chi connectivity index (χ4n) is 9.57. The van der Waals surface area contributed by atoms with Crippen molar-refractivity contribution in [3.8, 4) is 17.2 Å². The van der Waals surface area contributed by atoms with Gasteiger partial charge in [0.2, 0.25) is 5.91 Å². The number of fused-ring (bicyclic) bond motifs is 3. The van der Waals surface area contributed by atoms with E-state index in [1.165, 1.54) is 11.7 Å². The summed E-state index contributed by atoms with van der Waals surface area (Å²) in [6.45, 7) is 6.88. The molecule has 4 aromatic carbocycles. The Labute approximate surface area is 327 Å². The number of anilines is 2. The van der Waals surface area contributed by atoms with Gasteiger partial charge in [-0.1, -0.05) is 79.8 Å². The predicted molar refractivity (Wildman–Crippen MR) is 218 cm³/mol. The maximum Gasteiger partial charge on any atom is 0.297 e. The van der Waals surface area contributed by atoms with Gasteiger partial charge in [-0.25, -0.2) is 0 Å². The lowest BCUT2D eigenvalue weighted by molar-refractivity contribution is -0.150. The highest BCUT2D eigenvalue weighted by Crippen LogP contribution is 2.61. The molecule has 0 aliphatic carbocycles. The second-order valence-corrected chi connectivity index (χ2v) is 20.3. The molecule has 0 bridgehead atoms. The third-order valence-corrected chi connectivity index (χ3v) is 16.8. The number of pyridine rings is 1. The zero-order valence-electron chi connectivity index (χ0n) is 32.3. The Kier molecular flexibility index (Phi) is 9.72. The van der Waals surface area contributed by atoms with E-state index in [0.717, 1.165) is 22.1 Å². The molecule has 8 rings (SSSR count). The number of ether oxygens (including phenoxy) is 3. The summed E-state index contributed by atoms with van der Waals surface area (Å²) in [6.07, 6.45) is 1.63. The molecule has 56 heavy (non-hydrogen) atoms. The summed E-state index contributed by atoms with van der Waals surface area (Å²) in [5, 5.41) is 11.7. The standard InChI is InChI=1S/C45H47N3O7Si/c1-29-42(56(4,5)36-20-18-35(53-2)19-21-36)40(26-41(50)47-27-31-13-10-9-12-30(31)24-34(47)28-49)55-45(29)37-25-33(46-23-11-16-39(54-3)43(46)51)17-22-38(37)48(44(45)52)32-14-7-6-8-15-32/h6-23,25,29,34,40,42,49H,24,26-28H2,1-5H3/t29-,34-,40+,42-,45+/m0/s1. The van der Waals surface area contributed by atoms with Crippen LogP contribution in [0.2, 0.25) is 18.6 Å².